The number of halogens is 3. The molecular weight excluding hydrogens is 269 g/mol. The summed E-state index contributed by atoms with van der Waals surface area (Å²) in [4.78, 5) is 10.7. The molecule has 0 aliphatic heterocycles. The number of aromatic carboxylic acids is 1. The van der Waals surface area contributed by atoms with E-state index in [2.05, 4.69) is 0 Å². The lowest BCUT2D eigenvalue weighted by Crippen LogP contribution is -2.22. The minimum atomic E-state index is -4.44. The van der Waals surface area contributed by atoms with Gasteiger partial charge in [0, 0.05) is 0 Å². The lowest BCUT2D eigenvalue weighted by Gasteiger charge is -2.21. The Morgan fingerprint density at radius 1 is 0.900 bits per heavy atom. The fourth-order valence-electron chi connectivity index (χ4n) is 2.03. The number of carboxylic acids is 1. The van der Waals surface area contributed by atoms with Gasteiger partial charge < -0.3 is 5.11 Å². The molecule has 0 amide bonds. The van der Waals surface area contributed by atoms with Crippen molar-refractivity contribution in [3.63, 3.8) is 0 Å². The summed E-state index contributed by atoms with van der Waals surface area (Å²) in [5, 5.41) is 8.77. The van der Waals surface area contributed by atoms with Crippen LogP contribution in [-0.2, 0) is 0 Å². The minimum Gasteiger partial charge on any atom is -0.478 e. The van der Waals surface area contributed by atoms with Crippen LogP contribution < -0.4 is 0 Å². The van der Waals surface area contributed by atoms with Gasteiger partial charge in [-0.15, -0.1) is 0 Å². The smallest absolute Gasteiger partial charge is 0.399 e. The first-order valence-corrected chi connectivity index (χ1v) is 5.84. The van der Waals surface area contributed by atoms with Gasteiger partial charge in [-0.25, -0.2) is 4.79 Å². The molecule has 1 atom stereocenters. The van der Waals surface area contributed by atoms with Crippen molar-refractivity contribution in [3.8, 4) is 0 Å². The van der Waals surface area contributed by atoms with Gasteiger partial charge in [0.05, 0.1) is 5.56 Å². The van der Waals surface area contributed by atoms with Crippen molar-refractivity contribution >= 4 is 5.97 Å². The molecule has 0 aliphatic rings. The van der Waals surface area contributed by atoms with Gasteiger partial charge in [-0.1, -0.05) is 42.5 Å². The summed E-state index contributed by atoms with van der Waals surface area (Å²) in [7, 11) is 0. The van der Waals surface area contributed by atoms with Crippen molar-refractivity contribution in [1.82, 2.24) is 0 Å². The lowest BCUT2D eigenvalue weighted by atomic mass is 9.90. The van der Waals surface area contributed by atoms with Gasteiger partial charge in [-0.05, 0) is 23.3 Å². The molecule has 2 aromatic carbocycles. The zero-order chi connectivity index (χ0) is 14.8. The Morgan fingerprint density at radius 3 is 1.85 bits per heavy atom. The van der Waals surface area contributed by atoms with Crippen molar-refractivity contribution in [2.75, 3.05) is 0 Å². The molecule has 0 radical (unpaired) electrons. The minimum absolute atomic E-state index is 0.0219. The molecule has 2 rings (SSSR count). The zero-order valence-electron chi connectivity index (χ0n) is 10.3. The molecule has 1 N–H and O–H groups in total. The van der Waals surface area contributed by atoms with E-state index in [0.29, 0.717) is 0 Å². The first kappa shape index (κ1) is 14.1. The number of benzene rings is 2. The van der Waals surface area contributed by atoms with Gasteiger partial charge in [-0.3, -0.25) is 0 Å². The second-order valence-electron chi connectivity index (χ2n) is 4.31. The number of hydrogen-bond donors (Lipinski definition) is 1. The number of rotatable bonds is 3. The molecule has 0 aromatic heterocycles. The molecule has 0 bridgehead atoms. The van der Waals surface area contributed by atoms with E-state index in [1.54, 1.807) is 18.2 Å². The van der Waals surface area contributed by atoms with Crippen molar-refractivity contribution in [3.05, 3.63) is 71.3 Å². The van der Waals surface area contributed by atoms with E-state index >= 15 is 0 Å². The number of alkyl halides is 3. The molecule has 0 spiro atoms. The maximum atomic E-state index is 13.2. The van der Waals surface area contributed by atoms with Gasteiger partial charge >= 0.3 is 12.1 Å². The number of carboxylic acid groups (broad SMARTS) is 1. The quantitative estimate of drug-likeness (QED) is 0.919. The van der Waals surface area contributed by atoms with Crippen LogP contribution in [0.1, 0.15) is 27.4 Å². The van der Waals surface area contributed by atoms with E-state index in [9.17, 15) is 18.0 Å². The molecule has 0 aliphatic carbocycles. The van der Waals surface area contributed by atoms with Crippen molar-refractivity contribution in [2.24, 2.45) is 0 Å². The van der Waals surface area contributed by atoms with Crippen LogP contribution in [0.4, 0.5) is 13.2 Å². The van der Waals surface area contributed by atoms with Crippen LogP contribution in [0.15, 0.2) is 54.6 Å². The fourth-order valence-corrected chi connectivity index (χ4v) is 2.03. The predicted molar refractivity (Wildman–Crippen MR) is 67.7 cm³/mol. The van der Waals surface area contributed by atoms with Crippen LogP contribution in [0.25, 0.3) is 0 Å². The highest BCUT2D eigenvalue weighted by Crippen LogP contribution is 2.39. The molecule has 0 saturated heterocycles. The van der Waals surface area contributed by atoms with Gasteiger partial charge in [0.2, 0.25) is 0 Å². The first-order chi connectivity index (χ1) is 9.39. The molecule has 2 aromatic rings. The summed E-state index contributed by atoms with van der Waals surface area (Å²) in [6.45, 7) is 0. The highest BCUT2D eigenvalue weighted by Gasteiger charge is 2.41. The summed E-state index contributed by atoms with van der Waals surface area (Å²) in [6, 6.07) is 12.3. The largest absolute Gasteiger partial charge is 0.478 e. The molecule has 2 nitrogen and oxygen atoms in total. The van der Waals surface area contributed by atoms with Crippen molar-refractivity contribution < 1.29 is 23.1 Å². The van der Waals surface area contributed by atoms with E-state index < -0.39 is 18.1 Å². The third-order valence-electron chi connectivity index (χ3n) is 2.95. The maximum Gasteiger partial charge on any atom is 0.399 e. The molecule has 5 heteroatoms. The summed E-state index contributed by atoms with van der Waals surface area (Å²) in [5.41, 5.74) is 0.111. The third kappa shape index (κ3) is 2.99. The fraction of sp³-hybridized carbons (Fsp3) is 0.133. The molecule has 0 heterocycles. The Bertz CT molecular complexity index is 589. The van der Waals surface area contributed by atoms with Crippen LogP contribution in [0, 0.1) is 0 Å². The van der Waals surface area contributed by atoms with E-state index in [1.807, 2.05) is 0 Å². The SMILES string of the molecule is O=C(O)c1ccc(C(c2ccccc2)C(F)(F)F)cc1. The van der Waals surface area contributed by atoms with Crippen molar-refractivity contribution in [2.45, 2.75) is 12.1 Å². The highest BCUT2D eigenvalue weighted by atomic mass is 19.4. The predicted octanol–water partition coefficient (Wildman–Crippen LogP) is 4.08. The summed E-state index contributed by atoms with van der Waals surface area (Å²) < 4.78 is 39.7. The van der Waals surface area contributed by atoms with Gasteiger partial charge in [0.1, 0.15) is 5.92 Å². The second kappa shape index (κ2) is 5.36. The van der Waals surface area contributed by atoms with E-state index in [0.717, 1.165) is 0 Å². The normalized spacial score (nSPS) is 12.9. The van der Waals surface area contributed by atoms with Gasteiger partial charge in [0.25, 0.3) is 0 Å². The average Bonchev–Trinajstić information content (AvgIpc) is 2.39. The van der Waals surface area contributed by atoms with E-state index in [4.69, 9.17) is 5.11 Å². The lowest BCUT2D eigenvalue weighted by molar-refractivity contribution is -0.141. The molecule has 104 valence electrons. The third-order valence-corrected chi connectivity index (χ3v) is 2.95. The Balaban J connectivity index is 2.45. The summed E-state index contributed by atoms with van der Waals surface area (Å²) in [6.07, 6.45) is -4.44. The summed E-state index contributed by atoms with van der Waals surface area (Å²) in [5.74, 6) is -2.92. The van der Waals surface area contributed by atoms with Crippen LogP contribution in [0.3, 0.4) is 0 Å². The average molecular weight is 280 g/mol. The Hall–Kier alpha value is -2.30. The molecule has 20 heavy (non-hydrogen) atoms. The van der Waals surface area contributed by atoms with E-state index in [-0.39, 0.29) is 16.7 Å². The molecule has 1 unspecified atom stereocenters. The number of carbonyl (C=O) groups is 1. The van der Waals surface area contributed by atoms with Crippen LogP contribution >= 0.6 is 0 Å². The van der Waals surface area contributed by atoms with Gasteiger partial charge in [0.15, 0.2) is 0 Å². The van der Waals surface area contributed by atoms with E-state index in [1.165, 1.54) is 36.4 Å². The first-order valence-electron chi connectivity index (χ1n) is 5.84. The van der Waals surface area contributed by atoms with Gasteiger partial charge in [-0.2, -0.15) is 13.2 Å². The number of hydrogen-bond acceptors (Lipinski definition) is 1. The van der Waals surface area contributed by atoms with Crippen LogP contribution in [0.5, 0.6) is 0 Å². The zero-order valence-corrected chi connectivity index (χ0v) is 10.3. The highest BCUT2D eigenvalue weighted by molar-refractivity contribution is 5.87. The van der Waals surface area contributed by atoms with Crippen molar-refractivity contribution in [1.29, 1.82) is 0 Å². The second-order valence-corrected chi connectivity index (χ2v) is 4.31. The Morgan fingerprint density at radius 2 is 1.40 bits per heavy atom. The maximum absolute atomic E-state index is 13.2. The topological polar surface area (TPSA) is 37.3 Å². The Labute approximate surface area is 113 Å². The standard InChI is InChI=1S/C15H11F3O2/c16-15(17,18)13(10-4-2-1-3-5-10)11-6-8-12(9-7-11)14(19)20/h1-9,13H,(H,19,20). The molecule has 0 saturated carbocycles. The monoisotopic (exact) mass is 280 g/mol. The molecular formula is C15H11F3O2. The molecule has 0 fully saturated rings. The van der Waals surface area contributed by atoms with Crippen LogP contribution in [0.2, 0.25) is 0 Å². The summed E-state index contributed by atoms with van der Waals surface area (Å²) >= 11 is 0. The van der Waals surface area contributed by atoms with Crippen LogP contribution in [-0.4, -0.2) is 17.3 Å². The Kier molecular flexibility index (Phi) is 3.79.